The fraction of sp³-hybridized carbons (Fsp3) is 0.538. The third kappa shape index (κ3) is 2.26. The van der Waals surface area contributed by atoms with Gasteiger partial charge in [-0.25, -0.2) is 0 Å². The second kappa shape index (κ2) is 4.67. The Morgan fingerprint density at radius 1 is 1.53 bits per heavy atom. The summed E-state index contributed by atoms with van der Waals surface area (Å²) in [6, 6.07) is 6.54. The van der Waals surface area contributed by atoms with Gasteiger partial charge in [0.25, 0.3) is 0 Å². The van der Waals surface area contributed by atoms with Crippen molar-refractivity contribution >= 4 is 15.9 Å². The van der Waals surface area contributed by atoms with Gasteiger partial charge < -0.3 is 5.73 Å². The predicted octanol–water partition coefficient (Wildman–Crippen LogP) is 3.15. The quantitative estimate of drug-likeness (QED) is 0.876. The Hall–Kier alpha value is -0.340. The maximum absolute atomic E-state index is 5.74. The Kier molecular flexibility index (Phi) is 3.47. The summed E-state index contributed by atoms with van der Waals surface area (Å²) in [6.07, 6.45) is 3.69. The van der Waals surface area contributed by atoms with E-state index in [1.54, 1.807) is 0 Å². The third-order valence-electron chi connectivity index (χ3n) is 3.64. The van der Waals surface area contributed by atoms with Crippen LogP contribution in [0.15, 0.2) is 22.7 Å². The molecular weight excluding hydrogens is 250 g/mol. The van der Waals surface area contributed by atoms with E-state index in [4.69, 9.17) is 5.73 Å². The zero-order valence-electron chi connectivity index (χ0n) is 9.17. The highest BCUT2D eigenvalue weighted by Crippen LogP contribution is 2.33. The zero-order valence-corrected chi connectivity index (χ0v) is 10.8. The first-order valence-corrected chi connectivity index (χ1v) is 6.48. The molecule has 2 atom stereocenters. The van der Waals surface area contributed by atoms with Crippen LogP contribution in [0.4, 0.5) is 0 Å². The van der Waals surface area contributed by atoms with E-state index in [1.807, 2.05) is 0 Å². The lowest BCUT2D eigenvalue weighted by atomic mass is 9.78. The van der Waals surface area contributed by atoms with Gasteiger partial charge in [-0.3, -0.25) is 0 Å². The number of halogens is 1. The summed E-state index contributed by atoms with van der Waals surface area (Å²) in [5, 5.41) is 0. The number of benzene rings is 1. The fourth-order valence-corrected chi connectivity index (χ4v) is 3.07. The molecule has 0 heterocycles. The van der Waals surface area contributed by atoms with Crippen molar-refractivity contribution in [3.05, 3.63) is 33.8 Å². The van der Waals surface area contributed by atoms with Crippen molar-refractivity contribution in [1.29, 1.82) is 0 Å². The minimum atomic E-state index is 0.650. The van der Waals surface area contributed by atoms with Crippen molar-refractivity contribution in [2.75, 3.05) is 6.54 Å². The summed E-state index contributed by atoms with van der Waals surface area (Å²) in [6.45, 7) is 3.08. The van der Waals surface area contributed by atoms with Crippen molar-refractivity contribution in [1.82, 2.24) is 0 Å². The van der Waals surface area contributed by atoms with Gasteiger partial charge >= 0.3 is 0 Å². The first kappa shape index (κ1) is 11.2. The van der Waals surface area contributed by atoms with Gasteiger partial charge in [-0.15, -0.1) is 0 Å². The summed E-state index contributed by atoms with van der Waals surface area (Å²) in [5.41, 5.74) is 8.77. The molecule has 82 valence electrons. The molecule has 0 spiro atoms. The first-order valence-electron chi connectivity index (χ1n) is 5.68. The van der Waals surface area contributed by atoms with E-state index in [0.717, 1.165) is 12.5 Å². The molecule has 0 aliphatic heterocycles. The third-order valence-corrected chi connectivity index (χ3v) is 4.38. The number of nitrogens with two attached hydrogens (primary N) is 1. The predicted molar refractivity (Wildman–Crippen MR) is 67.9 cm³/mol. The monoisotopic (exact) mass is 267 g/mol. The topological polar surface area (TPSA) is 26.0 Å². The molecule has 1 aliphatic rings. The number of fused-ring (bicyclic) bond motifs is 1. The average Bonchev–Trinajstić information content (AvgIpc) is 2.28. The van der Waals surface area contributed by atoms with Gasteiger partial charge in [0.05, 0.1) is 0 Å². The largest absolute Gasteiger partial charge is 0.330 e. The van der Waals surface area contributed by atoms with Crippen LogP contribution in [-0.2, 0) is 12.8 Å². The molecule has 1 nitrogen and oxygen atoms in total. The summed E-state index contributed by atoms with van der Waals surface area (Å²) in [5.74, 6) is 1.42. The highest BCUT2D eigenvalue weighted by atomic mass is 79.9. The molecule has 2 heteroatoms. The lowest BCUT2D eigenvalue weighted by Gasteiger charge is -2.29. The van der Waals surface area contributed by atoms with Crippen LogP contribution < -0.4 is 5.73 Å². The van der Waals surface area contributed by atoms with Crippen LogP contribution >= 0.6 is 15.9 Å². The number of hydrogen-bond acceptors (Lipinski definition) is 1. The van der Waals surface area contributed by atoms with Gasteiger partial charge in [0.15, 0.2) is 0 Å². The molecule has 1 aromatic carbocycles. The second-order valence-electron chi connectivity index (χ2n) is 4.59. The van der Waals surface area contributed by atoms with Crippen molar-refractivity contribution < 1.29 is 0 Å². The molecule has 1 aliphatic carbocycles. The number of rotatable bonds is 2. The summed E-state index contributed by atoms with van der Waals surface area (Å²) in [7, 11) is 0. The highest BCUT2D eigenvalue weighted by Gasteiger charge is 2.23. The standard InChI is InChI=1S/C13H18BrN/c1-9(8-15)10-5-6-12-11(7-10)3-2-4-13(12)14/h2-4,9-10H,5-8,15H2,1H3. The molecule has 0 saturated heterocycles. The molecule has 2 N–H and O–H groups in total. The molecule has 2 unspecified atom stereocenters. The molecule has 0 amide bonds. The first-order chi connectivity index (χ1) is 7.22. The van der Waals surface area contributed by atoms with Crippen molar-refractivity contribution in [2.24, 2.45) is 17.6 Å². The Morgan fingerprint density at radius 2 is 2.33 bits per heavy atom. The van der Waals surface area contributed by atoms with E-state index in [0.29, 0.717) is 5.92 Å². The Labute approximate surface area is 100 Å². The van der Waals surface area contributed by atoms with Crippen LogP contribution in [-0.4, -0.2) is 6.54 Å². The Bertz CT molecular complexity index is 348. The maximum Gasteiger partial charge on any atom is 0.0210 e. The fourth-order valence-electron chi connectivity index (χ4n) is 2.47. The minimum Gasteiger partial charge on any atom is -0.330 e. The molecule has 0 bridgehead atoms. The van der Waals surface area contributed by atoms with Crippen LogP contribution in [0.5, 0.6) is 0 Å². The zero-order chi connectivity index (χ0) is 10.8. The van der Waals surface area contributed by atoms with Crippen LogP contribution in [0.2, 0.25) is 0 Å². The molecule has 0 saturated carbocycles. The van der Waals surface area contributed by atoms with E-state index >= 15 is 0 Å². The lowest BCUT2D eigenvalue weighted by Crippen LogP contribution is -2.26. The molecule has 2 rings (SSSR count). The molecule has 0 aromatic heterocycles. The SMILES string of the molecule is CC(CN)C1CCc2c(Br)cccc2C1. The van der Waals surface area contributed by atoms with Crippen molar-refractivity contribution in [3.63, 3.8) is 0 Å². The van der Waals surface area contributed by atoms with Gasteiger partial charge in [0.1, 0.15) is 0 Å². The lowest BCUT2D eigenvalue weighted by molar-refractivity contribution is 0.327. The van der Waals surface area contributed by atoms with E-state index < -0.39 is 0 Å². The molecule has 1 aromatic rings. The minimum absolute atomic E-state index is 0.650. The van der Waals surface area contributed by atoms with Crippen LogP contribution in [0.3, 0.4) is 0 Å². The summed E-state index contributed by atoms with van der Waals surface area (Å²) in [4.78, 5) is 0. The van der Waals surface area contributed by atoms with E-state index in [1.165, 1.54) is 34.9 Å². The van der Waals surface area contributed by atoms with Gasteiger partial charge in [-0.2, -0.15) is 0 Å². The van der Waals surface area contributed by atoms with Crippen molar-refractivity contribution in [2.45, 2.75) is 26.2 Å². The average molecular weight is 268 g/mol. The smallest absolute Gasteiger partial charge is 0.0210 e. The van der Waals surface area contributed by atoms with Crippen LogP contribution in [0, 0.1) is 11.8 Å². The Morgan fingerprint density at radius 3 is 3.07 bits per heavy atom. The second-order valence-corrected chi connectivity index (χ2v) is 5.45. The van der Waals surface area contributed by atoms with E-state index in [9.17, 15) is 0 Å². The highest BCUT2D eigenvalue weighted by molar-refractivity contribution is 9.10. The van der Waals surface area contributed by atoms with Gasteiger partial charge in [0.2, 0.25) is 0 Å². The van der Waals surface area contributed by atoms with E-state index in [-0.39, 0.29) is 0 Å². The van der Waals surface area contributed by atoms with Gasteiger partial charge in [-0.05, 0) is 54.8 Å². The normalized spacial score (nSPS) is 22.2. The van der Waals surface area contributed by atoms with Gasteiger partial charge in [-0.1, -0.05) is 35.0 Å². The summed E-state index contributed by atoms with van der Waals surface area (Å²) < 4.78 is 1.28. The molecule has 0 radical (unpaired) electrons. The molecular formula is C13H18BrN. The number of hydrogen-bond donors (Lipinski definition) is 1. The van der Waals surface area contributed by atoms with Crippen molar-refractivity contribution in [3.8, 4) is 0 Å². The molecule has 15 heavy (non-hydrogen) atoms. The van der Waals surface area contributed by atoms with Crippen LogP contribution in [0.25, 0.3) is 0 Å². The van der Waals surface area contributed by atoms with Crippen LogP contribution in [0.1, 0.15) is 24.5 Å². The summed E-state index contributed by atoms with van der Waals surface area (Å²) >= 11 is 3.63. The molecule has 0 fully saturated rings. The maximum atomic E-state index is 5.74. The van der Waals surface area contributed by atoms with E-state index in [2.05, 4.69) is 41.1 Å². The van der Waals surface area contributed by atoms with Gasteiger partial charge in [0, 0.05) is 4.47 Å². The Balaban J connectivity index is 2.20.